The smallest absolute Gasteiger partial charge is 0.225 e. The summed E-state index contributed by atoms with van der Waals surface area (Å²) in [6.07, 6.45) is 4.01. The number of benzene rings is 1. The predicted molar refractivity (Wildman–Crippen MR) is 91.4 cm³/mol. The molecule has 1 saturated carbocycles. The van der Waals surface area contributed by atoms with Crippen molar-refractivity contribution in [1.82, 2.24) is 5.32 Å². The van der Waals surface area contributed by atoms with Crippen LogP contribution in [0.15, 0.2) is 18.2 Å². The van der Waals surface area contributed by atoms with Crippen LogP contribution < -0.4 is 15.8 Å². The van der Waals surface area contributed by atoms with Gasteiger partial charge in [0.15, 0.2) is 0 Å². The van der Waals surface area contributed by atoms with E-state index in [0.717, 1.165) is 42.6 Å². The Morgan fingerprint density at radius 1 is 1.45 bits per heavy atom. The highest BCUT2D eigenvalue weighted by molar-refractivity contribution is 5.85. The van der Waals surface area contributed by atoms with Crippen LogP contribution in [-0.2, 0) is 11.3 Å². The van der Waals surface area contributed by atoms with Gasteiger partial charge in [-0.25, -0.2) is 0 Å². The Hall–Kier alpha value is -1.26. The Morgan fingerprint density at radius 2 is 2.18 bits per heavy atom. The van der Waals surface area contributed by atoms with Crippen molar-refractivity contribution in [2.45, 2.75) is 51.6 Å². The summed E-state index contributed by atoms with van der Waals surface area (Å²) in [6, 6.07) is 5.99. The van der Waals surface area contributed by atoms with E-state index in [1.54, 1.807) is 7.11 Å². The fraction of sp³-hybridized carbons (Fsp3) is 0.588. The van der Waals surface area contributed by atoms with E-state index in [0.29, 0.717) is 6.54 Å². The number of rotatable bonds is 4. The van der Waals surface area contributed by atoms with Gasteiger partial charge in [-0.2, -0.15) is 0 Å². The van der Waals surface area contributed by atoms with Crippen molar-refractivity contribution in [3.63, 3.8) is 0 Å². The van der Waals surface area contributed by atoms with Crippen molar-refractivity contribution < 1.29 is 9.53 Å². The highest BCUT2D eigenvalue weighted by atomic mass is 35.5. The van der Waals surface area contributed by atoms with Crippen LogP contribution in [0.4, 0.5) is 0 Å². The number of aryl methyl sites for hydroxylation is 1. The molecule has 0 saturated heterocycles. The fourth-order valence-electron chi connectivity index (χ4n) is 3.08. The monoisotopic (exact) mass is 326 g/mol. The zero-order chi connectivity index (χ0) is 15.5. The highest BCUT2D eigenvalue weighted by Crippen LogP contribution is 2.31. The normalized spacial score (nSPS) is 24.3. The Morgan fingerprint density at radius 3 is 2.82 bits per heavy atom. The molecular weight excluding hydrogens is 300 g/mol. The number of carbonyl (C=O) groups excluding carboxylic acids is 1. The molecule has 0 radical (unpaired) electrons. The first-order valence-corrected chi connectivity index (χ1v) is 7.64. The van der Waals surface area contributed by atoms with Crippen LogP contribution in [0.5, 0.6) is 5.75 Å². The molecule has 124 valence electrons. The lowest BCUT2D eigenvalue weighted by Gasteiger charge is -2.37. The number of hydrogen-bond acceptors (Lipinski definition) is 3. The van der Waals surface area contributed by atoms with Crippen LogP contribution in [0, 0.1) is 12.8 Å². The van der Waals surface area contributed by atoms with Gasteiger partial charge in [0.2, 0.25) is 5.91 Å². The van der Waals surface area contributed by atoms with Crippen LogP contribution in [0.25, 0.3) is 0 Å². The summed E-state index contributed by atoms with van der Waals surface area (Å²) in [6.45, 7) is 4.51. The molecule has 1 aromatic rings. The van der Waals surface area contributed by atoms with Crippen LogP contribution in [0.3, 0.4) is 0 Å². The molecule has 0 bridgehead atoms. The van der Waals surface area contributed by atoms with Gasteiger partial charge in [-0.05, 0) is 43.9 Å². The topological polar surface area (TPSA) is 64.3 Å². The maximum atomic E-state index is 12.4. The molecule has 0 spiro atoms. The van der Waals surface area contributed by atoms with Gasteiger partial charge in [0.05, 0.1) is 13.0 Å². The lowest BCUT2D eigenvalue weighted by molar-refractivity contribution is -0.128. The largest absolute Gasteiger partial charge is 0.496 e. The van der Waals surface area contributed by atoms with Gasteiger partial charge in [-0.15, -0.1) is 12.4 Å². The third-order valence-corrected chi connectivity index (χ3v) is 4.51. The zero-order valence-electron chi connectivity index (χ0n) is 13.6. The maximum Gasteiger partial charge on any atom is 0.225 e. The van der Waals surface area contributed by atoms with Gasteiger partial charge >= 0.3 is 0 Å². The average molecular weight is 327 g/mol. The van der Waals surface area contributed by atoms with Crippen LogP contribution in [0.1, 0.15) is 43.7 Å². The molecule has 2 unspecified atom stereocenters. The van der Waals surface area contributed by atoms with Crippen molar-refractivity contribution in [2.24, 2.45) is 11.7 Å². The summed E-state index contributed by atoms with van der Waals surface area (Å²) in [4.78, 5) is 12.4. The molecule has 0 aliphatic heterocycles. The van der Waals surface area contributed by atoms with Crippen molar-refractivity contribution >= 4 is 18.3 Å². The van der Waals surface area contributed by atoms with E-state index < -0.39 is 0 Å². The first-order valence-electron chi connectivity index (χ1n) is 7.64. The summed E-state index contributed by atoms with van der Waals surface area (Å²) in [7, 11) is 1.66. The molecular formula is C17H27ClN2O2. The molecule has 1 aliphatic rings. The SMILES string of the molecule is COc1cc(CNC(=O)C2CCCCC2(C)N)ccc1C.Cl. The lowest BCUT2D eigenvalue weighted by Crippen LogP contribution is -2.52. The number of halogens is 1. The standard InChI is InChI=1S/C17H26N2O2.ClH/c1-12-7-8-13(10-15(12)21-3)11-19-16(20)14-6-4-5-9-17(14,2)18;/h7-8,10,14H,4-6,9,11,18H2,1-3H3,(H,19,20);1H. The van der Waals surface area contributed by atoms with Crippen LogP contribution >= 0.6 is 12.4 Å². The number of methoxy groups -OCH3 is 1. The second kappa shape index (κ2) is 7.84. The zero-order valence-corrected chi connectivity index (χ0v) is 14.5. The van der Waals surface area contributed by atoms with E-state index in [-0.39, 0.29) is 29.8 Å². The number of carbonyl (C=O) groups is 1. The molecule has 0 heterocycles. The van der Waals surface area contributed by atoms with Gasteiger partial charge in [-0.1, -0.05) is 25.0 Å². The molecule has 4 nitrogen and oxygen atoms in total. The molecule has 3 N–H and O–H groups in total. The summed E-state index contributed by atoms with van der Waals surface area (Å²) in [5, 5.41) is 3.02. The van der Waals surface area contributed by atoms with Crippen molar-refractivity contribution in [3.05, 3.63) is 29.3 Å². The molecule has 1 aromatic carbocycles. The minimum atomic E-state index is -0.382. The van der Waals surface area contributed by atoms with Crippen molar-refractivity contribution in [3.8, 4) is 5.75 Å². The molecule has 1 fully saturated rings. The molecule has 0 aromatic heterocycles. The number of amides is 1. The van der Waals surface area contributed by atoms with E-state index in [1.165, 1.54) is 0 Å². The first kappa shape index (κ1) is 18.8. The second-order valence-electron chi connectivity index (χ2n) is 6.33. The minimum Gasteiger partial charge on any atom is -0.496 e. The number of nitrogens with one attached hydrogen (secondary N) is 1. The summed E-state index contributed by atoms with van der Waals surface area (Å²) in [5.74, 6) is 0.834. The van der Waals surface area contributed by atoms with Gasteiger partial charge in [0.1, 0.15) is 5.75 Å². The molecule has 1 amide bonds. The third kappa shape index (κ3) is 4.37. The summed E-state index contributed by atoms with van der Waals surface area (Å²) >= 11 is 0. The van der Waals surface area contributed by atoms with Gasteiger partial charge in [-0.3, -0.25) is 4.79 Å². The van der Waals surface area contributed by atoms with Crippen LogP contribution in [0.2, 0.25) is 0 Å². The molecule has 5 heteroatoms. The lowest BCUT2D eigenvalue weighted by atomic mass is 9.74. The number of ether oxygens (including phenoxy) is 1. The van der Waals surface area contributed by atoms with Gasteiger partial charge < -0.3 is 15.8 Å². The maximum absolute atomic E-state index is 12.4. The quantitative estimate of drug-likeness (QED) is 0.894. The predicted octanol–water partition coefficient (Wildman–Crippen LogP) is 2.95. The van der Waals surface area contributed by atoms with Crippen LogP contribution in [-0.4, -0.2) is 18.6 Å². The van der Waals surface area contributed by atoms with Crippen molar-refractivity contribution in [1.29, 1.82) is 0 Å². The van der Waals surface area contributed by atoms with E-state index in [2.05, 4.69) is 5.32 Å². The highest BCUT2D eigenvalue weighted by Gasteiger charge is 2.37. The number of nitrogens with two attached hydrogens (primary N) is 1. The van der Waals surface area contributed by atoms with E-state index in [9.17, 15) is 4.79 Å². The minimum absolute atomic E-state index is 0. The summed E-state index contributed by atoms with van der Waals surface area (Å²) < 4.78 is 5.31. The van der Waals surface area contributed by atoms with E-state index in [4.69, 9.17) is 10.5 Å². The Balaban J connectivity index is 0.00000242. The van der Waals surface area contributed by atoms with Gasteiger partial charge in [0.25, 0.3) is 0 Å². The molecule has 2 rings (SSSR count). The molecule has 22 heavy (non-hydrogen) atoms. The second-order valence-corrected chi connectivity index (χ2v) is 6.33. The Bertz CT molecular complexity index is 517. The Labute approximate surface area is 139 Å². The first-order chi connectivity index (χ1) is 9.94. The third-order valence-electron chi connectivity index (χ3n) is 4.51. The molecule has 2 atom stereocenters. The van der Waals surface area contributed by atoms with Gasteiger partial charge in [0, 0.05) is 12.1 Å². The fourth-order valence-corrected chi connectivity index (χ4v) is 3.08. The van der Waals surface area contributed by atoms with Crippen molar-refractivity contribution in [2.75, 3.05) is 7.11 Å². The van der Waals surface area contributed by atoms with E-state index in [1.807, 2.05) is 32.0 Å². The average Bonchev–Trinajstić information content (AvgIpc) is 2.45. The molecule has 1 aliphatic carbocycles. The summed E-state index contributed by atoms with van der Waals surface area (Å²) in [5.41, 5.74) is 8.03. The Kier molecular flexibility index (Phi) is 6.69. The van der Waals surface area contributed by atoms with E-state index >= 15 is 0 Å². The number of hydrogen-bond donors (Lipinski definition) is 2.